The summed E-state index contributed by atoms with van der Waals surface area (Å²) in [5.74, 6) is 0.315. The summed E-state index contributed by atoms with van der Waals surface area (Å²) in [5, 5.41) is 16.9. The van der Waals surface area contributed by atoms with Gasteiger partial charge in [0.1, 0.15) is 0 Å². The lowest BCUT2D eigenvalue weighted by Gasteiger charge is -2.23. The summed E-state index contributed by atoms with van der Waals surface area (Å²) in [7, 11) is 0. The van der Waals surface area contributed by atoms with Crippen molar-refractivity contribution in [3.8, 4) is 0 Å². The summed E-state index contributed by atoms with van der Waals surface area (Å²) in [6, 6.07) is 3.00. The fraction of sp³-hybridized carbons (Fsp3) is 0.667. The molecular formula is C12H21NOS. The van der Waals surface area contributed by atoms with Gasteiger partial charge in [0.2, 0.25) is 0 Å². The van der Waals surface area contributed by atoms with Crippen molar-refractivity contribution in [3.63, 3.8) is 0 Å². The van der Waals surface area contributed by atoms with E-state index in [9.17, 15) is 0 Å². The van der Waals surface area contributed by atoms with Gasteiger partial charge in [-0.15, -0.1) is 0 Å². The molecule has 0 radical (unpaired) electrons. The molecule has 2 nitrogen and oxygen atoms in total. The molecule has 1 aromatic rings. The molecule has 3 unspecified atom stereocenters. The van der Waals surface area contributed by atoms with E-state index in [2.05, 4.69) is 42.9 Å². The molecule has 2 N–H and O–H groups in total. The first-order valence-corrected chi connectivity index (χ1v) is 6.45. The molecule has 0 bridgehead atoms. The molecular weight excluding hydrogens is 206 g/mol. The Balaban J connectivity index is 2.32. The fourth-order valence-corrected chi connectivity index (χ4v) is 2.27. The van der Waals surface area contributed by atoms with Gasteiger partial charge in [-0.3, -0.25) is 0 Å². The van der Waals surface area contributed by atoms with E-state index in [-0.39, 0.29) is 6.61 Å². The van der Waals surface area contributed by atoms with Gasteiger partial charge >= 0.3 is 0 Å². The third-order valence-electron chi connectivity index (χ3n) is 2.81. The maximum atomic E-state index is 9.04. The molecule has 0 aromatic carbocycles. The van der Waals surface area contributed by atoms with E-state index in [0.717, 1.165) is 6.42 Å². The van der Waals surface area contributed by atoms with Crippen molar-refractivity contribution in [3.05, 3.63) is 22.4 Å². The van der Waals surface area contributed by atoms with Crippen LogP contribution in [0.5, 0.6) is 0 Å². The van der Waals surface area contributed by atoms with Gasteiger partial charge in [0.15, 0.2) is 0 Å². The van der Waals surface area contributed by atoms with Gasteiger partial charge in [0.05, 0.1) is 0 Å². The Morgan fingerprint density at radius 1 is 1.40 bits per heavy atom. The van der Waals surface area contributed by atoms with E-state index >= 15 is 0 Å². The standard InChI is InChI=1S/C12H21NOS/c1-9(7-14)11(3)13-10(2)6-12-4-5-15-8-12/h4-5,8-11,13-14H,6-7H2,1-3H3. The second-order valence-electron chi connectivity index (χ2n) is 4.35. The molecule has 0 aliphatic carbocycles. The lowest BCUT2D eigenvalue weighted by molar-refractivity contribution is 0.202. The number of aliphatic hydroxyl groups is 1. The highest BCUT2D eigenvalue weighted by Crippen LogP contribution is 2.10. The highest BCUT2D eigenvalue weighted by atomic mass is 32.1. The van der Waals surface area contributed by atoms with Crippen LogP contribution in [0.25, 0.3) is 0 Å². The number of rotatable bonds is 6. The second-order valence-corrected chi connectivity index (χ2v) is 5.13. The molecule has 0 aliphatic rings. The molecule has 1 heterocycles. The van der Waals surface area contributed by atoms with E-state index < -0.39 is 0 Å². The normalized spacial score (nSPS) is 17.3. The topological polar surface area (TPSA) is 32.3 Å². The first-order chi connectivity index (χ1) is 7.13. The molecule has 0 amide bonds. The SMILES string of the molecule is CC(Cc1ccsc1)NC(C)C(C)CO. The summed E-state index contributed by atoms with van der Waals surface area (Å²) in [6.45, 7) is 6.64. The predicted molar refractivity (Wildman–Crippen MR) is 66.3 cm³/mol. The minimum absolute atomic E-state index is 0.249. The Morgan fingerprint density at radius 2 is 2.13 bits per heavy atom. The van der Waals surface area contributed by atoms with E-state index in [1.165, 1.54) is 5.56 Å². The van der Waals surface area contributed by atoms with Gasteiger partial charge in [-0.25, -0.2) is 0 Å². The second kappa shape index (κ2) is 6.26. The summed E-state index contributed by atoms with van der Waals surface area (Å²) in [6.07, 6.45) is 1.06. The van der Waals surface area contributed by atoms with Gasteiger partial charge in [-0.05, 0) is 48.6 Å². The highest BCUT2D eigenvalue weighted by Gasteiger charge is 2.13. The number of hydrogen-bond acceptors (Lipinski definition) is 3. The van der Waals surface area contributed by atoms with E-state index in [4.69, 9.17) is 5.11 Å². The fourth-order valence-electron chi connectivity index (χ4n) is 1.59. The third kappa shape index (κ3) is 4.33. The Morgan fingerprint density at radius 3 is 2.67 bits per heavy atom. The largest absolute Gasteiger partial charge is 0.396 e. The number of aliphatic hydroxyl groups excluding tert-OH is 1. The molecule has 1 rings (SSSR count). The van der Waals surface area contributed by atoms with Crippen LogP contribution in [0.3, 0.4) is 0 Å². The van der Waals surface area contributed by atoms with Gasteiger partial charge in [0.25, 0.3) is 0 Å². The van der Waals surface area contributed by atoms with Crippen molar-refractivity contribution >= 4 is 11.3 Å². The van der Waals surface area contributed by atoms with Crippen molar-refractivity contribution in [2.45, 2.75) is 39.3 Å². The lowest BCUT2D eigenvalue weighted by atomic mass is 10.0. The smallest absolute Gasteiger partial charge is 0.0471 e. The van der Waals surface area contributed by atoms with E-state index in [1.54, 1.807) is 11.3 Å². The third-order valence-corrected chi connectivity index (χ3v) is 3.54. The van der Waals surface area contributed by atoms with Crippen molar-refractivity contribution in [2.24, 2.45) is 5.92 Å². The summed E-state index contributed by atoms with van der Waals surface area (Å²) < 4.78 is 0. The molecule has 0 saturated heterocycles. The van der Waals surface area contributed by atoms with Gasteiger partial charge in [0, 0.05) is 18.7 Å². The summed E-state index contributed by atoms with van der Waals surface area (Å²) in [4.78, 5) is 0. The molecule has 0 saturated carbocycles. The Bertz CT molecular complexity index is 261. The highest BCUT2D eigenvalue weighted by molar-refractivity contribution is 7.07. The maximum absolute atomic E-state index is 9.04. The van der Waals surface area contributed by atoms with Crippen molar-refractivity contribution in [2.75, 3.05) is 6.61 Å². The minimum atomic E-state index is 0.249. The molecule has 15 heavy (non-hydrogen) atoms. The lowest BCUT2D eigenvalue weighted by Crippen LogP contribution is -2.40. The van der Waals surface area contributed by atoms with Crippen LogP contribution in [0.1, 0.15) is 26.3 Å². The molecule has 1 aromatic heterocycles. The quantitative estimate of drug-likeness (QED) is 0.781. The van der Waals surface area contributed by atoms with Crippen LogP contribution in [0, 0.1) is 5.92 Å². The van der Waals surface area contributed by atoms with Crippen molar-refractivity contribution in [1.82, 2.24) is 5.32 Å². The molecule has 0 fully saturated rings. The summed E-state index contributed by atoms with van der Waals surface area (Å²) >= 11 is 1.74. The van der Waals surface area contributed by atoms with E-state index in [0.29, 0.717) is 18.0 Å². The van der Waals surface area contributed by atoms with Crippen LogP contribution in [0.2, 0.25) is 0 Å². The van der Waals surface area contributed by atoms with Crippen molar-refractivity contribution < 1.29 is 5.11 Å². The van der Waals surface area contributed by atoms with Crippen LogP contribution < -0.4 is 5.32 Å². The molecule has 3 atom stereocenters. The number of thiophene rings is 1. The number of nitrogens with one attached hydrogen (secondary N) is 1. The Kier molecular flexibility index (Phi) is 5.29. The van der Waals surface area contributed by atoms with E-state index in [1.807, 2.05) is 0 Å². The monoisotopic (exact) mass is 227 g/mol. The van der Waals surface area contributed by atoms with Gasteiger partial charge < -0.3 is 10.4 Å². The minimum Gasteiger partial charge on any atom is -0.396 e. The van der Waals surface area contributed by atoms with Crippen LogP contribution in [0.4, 0.5) is 0 Å². The van der Waals surface area contributed by atoms with Crippen LogP contribution in [-0.4, -0.2) is 23.8 Å². The Labute approximate surface area is 96.3 Å². The predicted octanol–water partition coefficient (Wildman–Crippen LogP) is 2.29. The Hall–Kier alpha value is -0.380. The number of hydrogen-bond donors (Lipinski definition) is 2. The molecule has 86 valence electrons. The average Bonchev–Trinajstić information content (AvgIpc) is 2.68. The molecule has 0 aliphatic heterocycles. The van der Waals surface area contributed by atoms with Gasteiger partial charge in [-0.1, -0.05) is 6.92 Å². The van der Waals surface area contributed by atoms with Crippen LogP contribution in [0.15, 0.2) is 16.8 Å². The maximum Gasteiger partial charge on any atom is 0.0471 e. The first-order valence-electron chi connectivity index (χ1n) is 5.51. The zero-order valence-electron chi connectivity index (χ0n) is 9.73. The van der Waals surface area contributed by atoms with Crippen LogP contribution >= 0.6 is 11.3 Å². The molecule has 3 heteroatoms. The first kappa shape index (κ1) is 12.7. The summed E-state index contributed by atoms with van der Waals surface area (Å²) in [5.41, 5.74) is 1.39. The zero-order valence-corrected chi connectivity index (χ0v) is 10.6. The van der Waals surface area contributed by atoms with Gasteiger partial charge in [-0.2, -0.15) is 11.3 Å². The van der Waals surface area contributed by atoms with Crippen molar-refractivity contribution in [1.29, 1.82) is 0 Å². The zero-order chi connectivity index (χ0) is 11.3. The van der Waals surface area contributed by atoms with Crippen LogP contribution in [-0.2, 0) is 6.42 Å². The molecule has 0 spiro atoms. The average molecular weight is 227 g/mol.